The number of nitrogens with zero attached hydrogens (tertiary/aromatic N) is 1. The van der Waals surface area contributed by atoms with Crippen LogP contribution in [-0.2, 0) is 14.4 Å². The van der Waals surface area contributed by atoms with Gasteiger partial charge in [-0.15, -0.1) is 0 Å². The monoisotopic (exact) mass is 271 g/mol. The average Bonchev–Trinajstić information content (AvgIpc) is 2.38. The number of allylic oxidation sites excluding steroid dienone is 2. The van der Waals surface area contributed by atoms with Gasteiger partial charge in [-0.2, -0.15) is 0 Å². The minimum atomic E-state index is -1.21. The van der Waals surface area contributed by atoms with E-state index in [9.17, 15) is 14.4 Å². The maximum absolute atomic E-state index is 12.5. The molecule has 1 aliphatic heterocycles. The molecule has 0 aliphatic carbocycles. The largest absolute Gasteiger partial charge is 0.299 e. The van der Waals surface area contributed by atoms with Crippen LogP contribution < -0.4 is 4.90 Å². The van der Waals surface area contributed by atoms with Gasteiger partial charge in [-0.3, -0.25) is 19.3 Å². The predicted molar refractivity (Wildman–Crippen MR) is 76.0 cm³/mol. The number of carbonyl (C=O) groups excluding carboxylic acids is 3. The standard InChI is InChI=1S/C16H17NO3/c1-10(2)13-9-14(19)15(11(3)18)16(20)17(13)12-7-5-4-6-8-12/h4-10,15H,1-3H3. The van der Waals surface area contributed by atoms with E-state index in [0.29, 0.717) is 11.4 Å². The van der Waals surface area contributed by atoms with Crippen LogP contribution in [0.1, 0.15) is 20.8 Å². The second-order valence-corrected chi connectivity index (χ2v) is 5.18. The van der Waals surface area contributed by atoms with Crippen molar-refractivity contribution >= 4 is 23.2 Å². The number of hydrogen-bond donors (Lipinski definition) is 0. The van der Waals surface area contributed by atoms with Crippen LogP contribution in [0, 0.1) is 11.8 Å². The summed E-state index contributed by atoms with van der Waals surface area (Å²) >= 11 is 0. The van der Waals surface area contributed by atoms with E-state index >= 15 is 0 Å². The van der Waals surface area contributed by atoms with Gasteiger partial charge in [0.1, 0.15) is 5.78 Å². The van der Waals surface area contributed by atoms with E-state index in [2.05, 4.69) is 0 Å². The Balaban J connectivity index is 2.56. The third-order valence-corrected chi connectivity index (χ3v) is 3.31. The van der Waals surface area contributed by atoms with E-state index in [1.165, 1.54) is 17.9 Å². The normalized spacial score (nSPS) is 19.3. The van der Waals surface area contributed by atoms with Gasteiger partial charge in [0.25, 0.3) is 0 Å². The van der Waals surface area contributed by atoms with Crippen molar-refractivity contribution in [3.63, 3.8) is 0 Å². The first-order valence-electron chi connectivity index (χ1n) is 6.58. The fraction of sp³-hybridized carbons (Fsp3) is 0.312. The SMILES string of the molecule is CC(=O)C1C(=O)C=C(C(C)C)N(c2ccccc2)C1=O. The van der Waals surface area contributed by atoms with Gasteiger partial charge in [0.2, 0.25) is 5.91 Å². The van der Waals surface area contributed by atoms with E-state index < -0.39 is 23.4 Å². The van der Waals surface area contributed by atoms with E-state index in [-0.39, 0.29) is 5.92 Å². The predicted octanol–water partition coefficient (Wildman–Crippen LogP) is 2.35. The zero-order valence-electron chi connectivity index (χ0n) is 11.8. The summed E-state index contributed by atoms with van der Waals surface area (Å²) in [7, 11) is 0. The van der Waals surface area contributed by atoms with E-state index in [1.54, 1.807) is 12.1 Å². The van der Waals surface area contributed by atoms with Crippen molar-refractivity contribution in [3.8, 4) is 0 Å². The molecular formula is C16H17NO3. The third-order valence-electron chi connectivity index (χ3n) is 3.31. The highest BCUT2D eigenvalue weighted by atomic mass is 16.2. The minimum absolute atomic E-state index is 0.0102. The van der Waals surface area contributed by atoms with Crippen molar-refractivity contribution < 1.29 is 14.4 Å². The molecule has 0 fully saturated rings. The topological polar surface area (TPSA) is 54.5 Å². The lowest BCUT2D eigenvalue weighted by molar-refractivity contribution is -0.137. The van der Waals surface area contributed by atoms with Gasteiger partial charge >= 0.3 is 0 Å². The molecule has 2 rings (SSSR count). The lowest BCUT2D eigenvalue weighted by atomic mass is 9.90. The summed E-state index contributed by atoms with van der Waals surface area (Å²) in [5.74, 6) is -2.49. The molecule has 1 aromatic rings. The fourth-order valence-electron chi connectivity index (χ4n) is 2.32. The van der Waals surface area contributed by atoms with Crippen molar-refractivity contribution in [1.82, 2.24) is 0 Å². The van der Waals surface area contributed by atoms with Crippen molar-refractivity contribution in [2.45, 2.75) is 20.8 Å². The summed E-state index contributed by atoms with van der Waals surface area (Å²) in [6, 6.07) is 9.08. The second-order valence-electron chi connectivity index (χ2n) is 5.18. The summed E-state index contributed by atoms with van der Waals surface area (Å²) in [4.78, 5) is 37.6. The molecule has 0 N–H and O–H groups in total. The van der Waals surface area contributed by atoms with Gasteiger partial charge in [0, 0.05) is 17.5 Å². The van der Waals surface area contributed by atoms with Gasteiger partial charge in [-0.25, -0.2) is 0 Å². The number of ketones is 2. The number of amides is 1. The molecule has 1 amide bonds. The number of anilines is 1. The zero-order chi connectivity index (χ0) is 14.9. The number of carbonyl (C=O) groups is 3. The minimum Gasteiger partial charge on any atom is -0.299 e. The Morgan fingerprint density at radius 2 is 1.75 bits per heavy atom. The third kappa shape index (κ3) is 2.41. The smallest absolute Gasteiger partial charge is 0.249 e. The number of hydrogen-bond acceptors (Lipinski definition) is 3. The number of benzene rings is 1. The van der Waals surface area contributed by atoms with Crippen LogP contribution in [-0.4, -0.2) is 17.5 Å². The van der Waals surface area contributed by atoms with Crippen molar-refractivity contribution in [3.05, 3.63) is 42.1 Å². The first kappa shape index (κ1) is 14.2. The summed E-state index contributed by atoms with van der Waals surface area (Å²) in [5, 5.41) is 0. The molecule has 0 saturated heterocycles. The zero-order valence-corrected chi connectivity index (χ0v) is 11.8. The maximum Gasteiger partial charge on any atom is 0.249 e. The van der Waals surface area contributed by atoms with Crippen LogP contribution in [0.25, 0.3) is 0 Å². The van der Waals surface area contributed by atoms with Crippen LogP contribution in [0.3, 0.4) is 0 Å². The molecule has 0 saturated carbocycles. The molecule has 0 bridgehead atoms. The molecule has 1 aliphatic rings. The fourth-order valence-corrected chi connectivity index (χ4v) is 2.32. The first-order valence-corrected chi connectivity index (χ1v) is 6.58. The van der Waals surface area contributed by atoms with Gasteiger partial charge in [0.15, 0.2) is 11.7 Å². The van der Waals surface area contributed by atoms with Gasteiger partial charge in [-0.1, -0.05) is 32.0 Å². The Kier molecular flexibility index (Phi) is 3.84. The Morgan fingerprint density at radius 3 is 2.25 bits per heavy atom. The lowest BCUT2D eigenvalue weighted by Crippen LogP contribution is -2.46. The van der Waals surface area contributed by atoms with Crippen molar-refractivity contribution in [2.24, 2.45) is 11.8 Å². The van der Waals surface area contributed by atoms with E-state index in [1.807, 2.05) is 32.0 Å². The average molecular weight is 271 g/mol. The summed E-state index contributed by atoms with van der Waals surface area (Å²) < 4.78 is 0. The molecule has 4 heteroatoms. The number of Topliss-reactive ketones (excluding diaryl/α,β-unsaturated/α-hetero) is 1. The molecular weight excluding hydrogens is 254 g/mol. The highest BCUT2D eigenvalue weighted by Gasteiger charge is 2.40. The van der Waals surface area contributed by atoms with Gasteiger partial charge in [-0.05, 0) is 25.0 Å². The Labute approximate surface area is 118 Å². The molecule has 104 valence electrons. The lowest BCUT2D eigenvalue weighted by Gasteiger charge is -2.33. The van der Waals surface area contributed by atoms with Crippen LogP contribution in [0.15, 0.2) is 42.1 Å². The molecule has 0 aromatic heterocycles. The Hall–Kier alpha value is -2.23. The quantitative estimate of drug-likeness (QED) is 0.793. The summed E-state index contributed by atoms with van der Waals surface area (Å²) in [6.07, 6.45) is 1.42. The Bertz CT molecular complexity index is 587. The highest BCUT2D eigenvalue weighted by Crippen LogP contribution is 2.30. The van der Waals surface area contributed by atoms with Crippen molar-refractivity contribution in [1.29, 1.82) is 0 Å². The first-order chi connectivity index (χ1) is 9.43. The Morgan fingerprint density at radius 1 is 1.15 bits per heavy atom. The molecule has 4 nitrogen and oxygen atoms in total. The highest BCUT2D eigenvalue weighted by molar-refractivity contribution is 6.27. The second kappa shape index (κ2) is 5.41. The van der Waals surface area contributed by atoms with Gasteiger partial charge in [0.05, 0.1) is 0 Å². The van der Waals surface area contributed by atoms with E-state index in [0.717, 1.165) is 0 Å². The molecule has 0 radical (unpaired) electrons. The summed E-state index contributed by atoms with van der Waals surface area (Å²) in [5.41, 5.74) is 1.31. The molecule has 1 heterocycles. The summed E-state index contributed by atoms with van der Waals surface area (Å²) in [6.45, 7) is 5.10. The molecule has 0 spiro atoms. The maximum atomic E-state index is 12.5. The van der Waals surface area contributed by atoms with Crippen LogP contribution in [0.4, 0.5) is 5.69 Å². The van der Waals surface area contributed by atoms with E-state index in [4.69, 9.17) is 0 Å². The number of para-hydroxylation sites is 1. The van der Waals surface area contributed by atoms with Gasteiger partial charge < -0.3 is 0 Å². The molecule has 1 aromatic carbocycles. The molecule has 1 unspecified atom stereocenters. The van der Waals surface area contributed by atoms with Crippen LogP contribution >= 0.6 is 0 Å². The van der Waals surface area contributed by atoms with Crippen molar-refractivity contribution in [2.75, 3.05) is 4.90 Å². The van der Waals surface area contributed by atoms with Crippen LogP contribution in [0.5, 0.6) is 0 Å². The van der Waals surface area contributed by atoms with Crippen LogP contribution in [0.2, 0.25) is 0 Å². The number of rotatable bonds is 3. The molecule has 1 atom stereocenters. The molecule has 20 heavy (non-hydrogen) atoms.